The molecule has 3 rings (SSSR count). The lowest BCUT2D eigenvalue weighted by Gasteiger charge is -2.15. The monoisotopic (exact) mass is 390 g/mol. The van der Waals surface area contributed by atoms with Crippen LogP contribution in [0.3, 0.4) is 0 Å². The first-order valence-electron chi connectivity index (χ1n) is 8.75. The Hall–Kier alpha value is -2.52. The third kappa shape index (κ3) is 4.81. The zero-order valence-electron chi connectivity index (χ0n) is 15.0. The second-order valence-corrected chi connectivity index (χ2v) is 8.28. The van der Waals surface area contributed by atoms with Crippen LogP contribution in [0.2, 0.25) is 0 Å². The molecule has 8 nitrogen and oxygen atoms in total. The Balaban J connectivity index is 1.57. The summed E-state index contributed by atoms with van der Waals surface area (Å²) < 4.78 is 23.7. The largest absolute Gasteiger partial charge is 0.354 e. The van der Waals surface area contributed by atoms with Crippen LogP contribution >= 0.6 is 0 Å². The van der Waals surface area contributed by atoms with Gasteiger partial charge >= 0.3 is 0 Å². The highest BCUT2D eigenvalue weighted by atomic mass is 32.2. The molecule has 1 unspecified atom stereocenters. The molecule has 1 heterocycles. The van der Waals surface area contributed by atoms with Gasteiger partial charge in [-0.3, -0.25) is 9.59 Å². The maximum atomic E-state index is 12.4. The average molecular weight is 390 g/mol. The predicted octanol–water partition coefficient (Wildman–Crippen LogP) is 0.688. The maximum absolute atomic E-state index is 12.4. The van der Waals surface area contributed by atoms with E-state index in [9.17, 15) is 18.0 Å². The molecule has 1 aliphatic carbocycles. The van der Waals surface area contributed by atoms with Gasteiger partial charge in [0.1, 0.15) is 6.04 Å². The SMILES string of the molecule is CC(C(=O)NCCc1ccc(S(N)(=O)=O)cc1)n1nc(C2CC2)ccc1=O. The summed E-state index contributed by atoms with van der Waals surface area (Å²) in [6, 6.07) is 8.65. The van der Waals surface area contributed by atoms with Crippen LogP contribution in [0.1, 0.15) is 43.0 Å². The van der Waals surface area contributed by atoms with Gasteiger partial charge < -0.3 is 5.32 Å². The predicted molar refractivity (Wildman–Crippen MR) is 99.7 cm³/mol. The second kappa shape index (κ2) is 7.61. The summed E-state index contributed by atoms with van der Waals surface area (Å²) in [7, 11) is -3.71. The van der Waals surface area contributed by atoms with Gasteiger partial charge in [-0.15, -0.1) is 0 Å². The van der Waals surface area contributed by atoms with Crippen LogP contribution in [0, 0.1) is 0 Å². The first kappa shape index (κ1) is 19.2. The fourth-order valence-electron chi connectivity index (χ4n) is 2.75. The molecule has 2 aromatic rings. The Labute approximate surface area is 157 Å². The summed E-state index contributed by atoms with van der Waals surface area (Å²) in [5, 5.41) is 12.2. The highest BCUT2D eigenvalue weighted by Crippen LogP contribution is 2.38. The minimum absolute atomic E-state index is 0.0462. The van der Waals surface area contributed by atoms with Crippen molar-refractivity contribution in [3.63, 3.8) is 0 Å². The number of nitrogens with one attached hydrogen (secondary N) is 1. The van der Waals surface area contributed by atoms with Gasteiger partial charge in [0.15, 0.2) is 0 Å². The number of aromatic nitrogens is 2. The van der Waals surface area contributed by atoms with E-state index in [0.29, 0.717) is 18.9 Å². The van der Waals surface area contributed by atoms with Crippen LogP contribution in [-0.4, -0.2) is 30.7 Å². The topological polar surface area (TPSA) is 124 Å². The van der Waals surface area contributed by atoms with E-state index in [-0.39, 0.29) is 16.4 Å². The molecule has 0 bridgehead atoms. The highest BCUT2D eigenvalue weighted by molar-refractivity contribution is 7.89. The molecule has 144 valence electrons. The van der Waals surface area contributed by atoms with Crippen LogP contribution in [-0.2, 0) is 21.2 Å². The third-order valence-corrected chi connectivity index (χ3v) is 5.48. The number of rotatable bonds is 7. The lowest BCUT2D eigenvalue weighted by atomic mass is 10.1. The van der Waals surface area contributed by atoms with Crippen molar-refractivity contribution in [2.24, 2.45) is 5.14 Å². The van der Waals surface area contributed by atoms with Crippen molar-refractivity contribution >= 4 is 15.9 Å². The van der Waals surface area contributed by atoms with Gasteiger partial charge in [-0.1, -0.05) is 12.1 Å². The van der Waals surface area contributed by atoms with Crippen molar-refractivity contribution in [2.75, 3.05) is 6.54 Å². The van der Waals surface area contributed by atoms with Gasteiger partial charge in [-0.05, 0) is 49.9 Å². The molecular weight excluding hydrogens is 368 g/mol. The van der Waals surface area contributed by atoms with Crippen LogP contribution in [0.15, 0.2) is 46.1 Å². The van der Waals surface area contributed by atoms with Crippen molar-refractivity contribution in [3.8, 4) is 0 Å². The molecule has 0 radical (unpaired) electrons. The van der Waals surface area contributed by atoms with Gasteiger partial charge in [-0.2, -0.15) is 5.10 Å². The van der Waals surface area contributed by atoms with Crippen molar-refractivity contribution in [1.82, 2.24) is 15.1 Å². The van der Waals surface area contributed by atoms with E-state index >= 15 is 0 Å². The quantitative estimate of drug-likeness (QED) is 0.720. The summed E-state index contributed by atoms with van der Waals surface area (Å²) in [4.78, 5) is 24.4. The number of hydrogen-bond donors (Lipinski definition) is 2. The Bertz CT molecular complexity index is 995. The average Bonchev–Trinajstić information content (AvgIpc) is 3.46. The first-order chi connectivity index (χ1) is 12.8. The molecule has 1 atom stereocenters. The summed E-state index contributed by atoms with van der Waals surface area (Å²) in [6.45, 7) is 2.00. The Morgan fingerprint density at radius 1 is 1.26 bits per heavy atom. The Morgan fingerprint density at radius 3 is 2.52 bits per heavy atom. The molecule has 0 aliphatic heterocycles. The van der Waals surface area contributed by atoms with Gasteiger partial charge in [0, 0.05) is 18.5 Å². The molecule has 9 heteroatoms. The van der Waals surface area contributed by atoms with E-state index < -0.39 is 16.1 Å². The summed E-state index contributed by atoms with van der Waals surface area (Å²) in [5.41, 5.74) is 1.41. The highest BCUT2D eigenvalue weighted by Gasteiger charge is 2.27. The van der Waals surface area contributed by atoms with Crippen molar-refractivity contribution < 1.29 is 13.2 Å². The molecule has 1 fully saturated rings. The molecule has 0 saturated heterocycles. The van der Waals surface area contributed by atoms with Crippen molar-refractivity contribution in [2.45, 2.75) is 43.0 Å². The summed E-state index contributed by atoms with van der Waals surface area (Å²) in [5.74, 6) is 0.103. The zero-order chi connectivity index (χ0) is 19.6. The molecule has 0 spiro atoms. The maximum Gasteiger partial charge on any atom is 0.267 e. The number of primary sulfonamides is 1. The van der Waals surface area contributed by atoms with E-state index in [1.165, 1.54) is 22.9 Å². The molecule has 1 aliphatic rings. The van der Waals surface area contributed by atoms with Crippen molar-refractivity contribution in [1.29, 1.82) is 0 Å². The summed E-state index contributed by atoms with van der Waals surface area (Å²) in [6.07, 6.45) is 2.65. The van der Waals surface area contributed by atoms with E-state index in [0.717, 1.165) is 24.1 Å². The first-order valence-corrected chi connectivity index (χ1v) is 10.3. The van der Waals surface area contributed by atoms with Crippen LogP contribution in [0.5, 0.6) is 0 Å². The molecule has 1 amide bonds. The molecule has 1 aromatic heterocycles. The van der Waals surface area contributed by atoms with E-state index in [1.54, 1.807) is 25.1 Å². The third-order valence-electron chi connectivity index (χ3n) is 4.55. The number of carbonyl (C=O) groups excluding carboxylic acids is 1. The normalized spacial score (nSPS) is 15.3. The lowest BCUT2D eigenvalue weighted by Crippen LogP contribution is -2.38. The number of amides is 1. The standard InChI is InChI=1S/C18H22N4O4S/c1-12(22-17(23)9-8-16(21-22)14-4-5-14)18(24)20-11-10-13-2-6-15(7-3-13)27(19,25)26/h2-3,6-9,12,14H,4-5,10-11H2,1H3,(H,20,24)(H2,19,25,26). The second-order valence-electron chi connectivity index (χ2n) is 6.72. The summed E-state index contributed by atoms with van der Waals surface area (Å²) >= 11 is 0. The molecule has 27 heavy (non-hydrogen) atoms. The van der Waals surface area contributed by atoms with Crippen LogP contribution in [0.25, 0.3) is 0 Å². The zero-order valence-corrected chi connectivity index (χ0v) is 15.8. The van der Waals surface area contributed by atoms with Gasteiger partial charge in [0.2, 0.25) is 15.9 Å². The van der Waals surface area contributed by atoms with Crippen LogP contribution < -0.4 is 16.0 Å². The van der Waals surface area contributed by atoms with Crippen molar-refractivity contribution in [3.05, 3.63) is 58.0 Å². The molecule has 1 aromatic carbocycles. The molecule has 1 saturated carbocycles. The number of nitrogens with two attached hydrogens (primary N) is 1. The van der Waals surface area contributed by atoms with E-state index in [4.69, 9.17) is 5.14 Å². The number of carbonyl (C=O) groups is 1. The Morgan fingerprint density at radius 2 is 1.93 bits per heavy atom. The van der Waals surface area contributed by atoms with Gasteiger partial charge in [0.05, 0.1) is 10.6 Å². The number of nitrogens with zero attached hydrogens (tertiary/aromatic N) is 2. The van der Waals surface area contributed by atoms with Crippen LogP contribution in [0.4, 0.5) is 0 Å². The van der Waals surface area contributed by atoms with E-state index in [2.05, 4.69) is 10.4 Å². The number of benzene rings is 1. The van der Waals surface area contributed by atoms with E-state index in [1.807, 2.05) is 0 Å². The van der Waals surface area contributed by atoms with Gasteiger partial charge in [-0.25, -0.2) is 18.2 Å². The Kier molecular flexibility index (Phi) is 5.43. The van der Waals surface area contributed by atoms with Gasteiger partial charge in [0.25, 0.3) is 5.56 Å². The molecular formula is C18H22N4O4S. The number of hydrogen-bond acceptors (Lipinski definition) is 5. The smallest absolute Gasteiger partial charge is 0.267 e. The minimum atomic E-state index is -3.71. The lowest BCUT2D eigenvalue weighted by molar-refractivity contribution is -0.124. The fraction of sp³-hybridized carbons (Fsp3) is 0.389. The molecule has 3 N–H and O–H groups in total. The fourth-order valence-corrected chi connectivity index (χ4v) is 3.26. The number of sulfonamides is 1. The minimum Gasteiger partial charge on any atom is -0.354 e.